The number of ketones is 2. The van der Waals surface area contributed by atoms with Crippen molar-refractivity contribution in [3.8, 4) is 0 Å². The first-order chi connectivity index (χ1) is 18.5. The van der Waals surface area contributed by atoms with Gasteiger partial charge in [-0.1, -0.05) is 60.1 Å². The molecule has 3 fully saturated rings. The lowest BCUT2D eigenvalue weighted by atomic mass is 9.35. The zero-order valence-corrected chi connectivity index (χ0v) is 25.6. The molecule has 0 N–H and O–H groups in total. The number of imidazole rings is 1. The number of carbonyl (C=O) groups is 2. The molecular formula is C34H45N3O3. The molecule has 0 spiro atoms. The molecule has 1 aromatic rings. The van der Waals surface area contributed by atoms with Crippen molar-refractivity contribution >= 4 is 11.6 Å². The van der Waals surface area contributed by atoms with E-state index in [1.54, 1.807) is 4.57 Å². The number of hydrogen-bond acceptors (Lipinski definition) is 3. The van der Waals surface area contributed by atoms with Crippen LogP contribution in [0.2, 0.25) is 0 Å². The average Bonchev–Trinajstić information content (AvgIpc) is 3.21. The molecule has 5 aliphatic rings. The normalized spacial score (nSPS) is 43.3. The van der Waals surface area contributed by atoms with Gasteiger partial charge < -0.3 is 9.36 Å². The summed E-state index contributed by atoms with van der Waals surface area (Å²) >= 11 is 0. The molecule has 0 radical (unpaired) electrons. The molecule has 40 heavy (non-hydrogen) atoms. The summed E-state index contributed by atoms with van der Waals surface area (Å²) in [6.07, 6.45) is 14.1. The van der Waals surface area contributed by atoms with Crippen LogP contribution in [0.25, 0.3) is 4.85 Å². The molecule has 214 valence electrons. The third-order valence-corrected chi connectivity index (χ3v) is 13.2. The van der Waals surface area contributed by atoms with E-state index in [-0.39, 0.29) is 62.5 Å². The van der Waals surface area contributed by atoms with Gasteiger partial charge in [-0.25, -0.2) is 9.64 Å². The van der Waals surface area contributed by atoms with Gasteiger partial charge in [0.15, 0.2) is 11.6 Å². The fourth-order valence-electron chi connectivity index (χ4n) is 10.8. The van der Waals surface area contributed by atoms with Crippen LogP contribution in [0.4, 0.5) is 0 Å². The van der Waals surface area contributed by atoms with Crippen LogP contribution in [0.3, 0.4) is 0 Å². The Morgan fingerprint density at radius 1 is 0.925 bits per heavy atom. The van der Waals surface area contributed by atoms with Crippen molar-refractivity contribution in [1.82, 2.24) is 9.13 Å². The average molecular weight is 544 g/mol. The largest absolute Gasteiger partial charge is 0.328 e. The summed E-state index contributed by atoms with van der Waals surface area (Å²) in [6.45, 7) is 23.3. The van der Waals surface area contributed by atoms with E-state index < -0.39 is 10.8 Å². The van der Waals surface area contributed by atoms with Crippen molar-refractivity contribution < 1.29 is 9.59 Å². The van der Waals surface area contributed by atoms with E-state index in [4.69, 9.17) is 6.57 Å². The maximum Gasteiger partial charge on any atom is 0.328 e. The highest BCUT2D eigenvalue weighted by Crippen LogP contribution is 2.74. The van der Waals surface area contributed by atoms with Gasteiger partial charge in [-0.3, -0.25) is 9.36 Å². The van der Waals surface area contributed by atoms with Crippen molar-refractivity contribution in [1.29, 1.82) is 0 Å². The number of hydrogen-bond donors (Lipinski definition) is 0. The number of allylic oxidation sites excluding steroid dienone is 4. The number of fused-ring (bicyclic) bond motifs is 7. The zero-order valence-electron chi connectivity index (χ0n) is 25.6. The van der Waals surface area contributed by atoms with Crippen LogP contribution in [0, 0.1) is 51.4 Å². The van der Waals surface area contributed by atoms with E-state index in [1.807, 2.05) is 50.0 Å². The van der Waals surface area contributed by atoms with Crippen LogP contribution >= 0.6 is 0 Å². The summed E-state index contributed by atoms with van der Waals surface area (Å²) in [4.78, 5) is 45.0. The lowest BCUT2D eigenvalue weighted by molar-refractivity contribution is -0.168. The van der Waals surface area contributed by atoms with E-state index in [0.29, 0.717) is 0 Å². The molecule has 1 aromatic heterocycles. The first-order valence-electron chi connectivity index (χ1n) is 15.1. The minimum absolute atomic E-state index is 0.0120. The number of nitrogens with zero attached hydrogens (tertiary/aromatic N) is 3. The molecule has 0 unspecified atom stereocenters. The van der Waals surface area contributed by atoms with E-state index in [2.05, 4.69) is 39.5 Å². The fourth-order valence-corrected chi connectivity index (χ4v) is 10.8. The molecule has 0 bridgehead atoms. The summed E-state index contributed by atoms with van der Waals surface area (Å²) in [7, 11) is 1.81. The Hall–Kier alpha value is -2.68. The second-order valence-electron chi connectivity index (χ2n) is 15.9. The molecule has 5 aliphatic carbocycles. The van der Waals surface area contributed by atoms with Gasteiger partial charge in [-0.05, 0) is 79.1 Å². The number of carbonyl (C=O) groups excluding carboxylic acids is 2. The van der Waals surface area contributed by atoms with E-state index in [1.165, 1.54) is 0 Å². The SMILES string of the molecule is [C-]#[N+]C1=C[C@]2(C)C3=CC(=O)[C@@H]4[C@@H]5CC(C)(C)CC[C@]5(n5ccn(C)c5=O)CC[C@@]4(C)[C@]3(C)CC[C@H]2C(C)(C)C1=O. The number of rotatable bonds is 1. The highest BCUT2D eigenvalue weighted by Gasteiger charge is 2.70. The lowest BCUT2D eigenvalue weighted by Crippen LogP contribution is -2.67. The van der Waals surface area contributed by atoms with Gasteiger partial charge >= 0.3 is 5.69 Å². The summed E-state index contributed by atoms with van der Waals surface area (Å²) in [5.74, 6) is 0.0518. The van der Waals surface area contributed by atoms with Crippen LogP contribution < -0.4 is 5.69 Å². The van der Waals surface area contributed by atoms with Gasteiger partial charge in [0.05, 0.1) is 12.1 Å². The molecule has 6 rings (SSSR count). The van der Waals surface area contributed by atoms with Crippen LogP contribution in [-0.4, -0.2) is 20.7 Å². The summed E-state index contributed by atoms with van der Waals surface area (Å²) in [5, 5.41) is 0. The smallest absolute Gasteiger partial charge is 0.307 e. The molecule has 0 aliphatic heterocycles. The predicted molar refractivity (Wildman–Crippen MR) is 155 cm³/mol. The van der Waals surface area contributed by atoms with Crippen molar-refractivity contribution in [2.45, 2.75) is 99.0 Å². The molecule has 6 nitrogen and oxygen atoms in total. The maximum atomic E-state index is 14.6. The van der Waals surface area contributed by atoms with Gasteiger partial charge in [-0.2, -0.15) is 0 Å². The second kappa shape index (κ2) is 7.99. The van der Waals surface area contributed by atoms with E-state index in [9.17, 15) is 14.4 Å². The van der Waals surface area contributed by atoms with Crippen molar-refractivity contribution in [3.63, 3.8) is 0 Å². The van der Waals surface area contributed by atoms with Gasteiger partial charge in [0, 0.05) is 36.2 Å². The fraction of sp³-hybridized carbons (Fsp3) is 0.706. The standard InChI is InChI=1S/C34H45N3O3/c1-29(2)12-14-34(37-17-16-36(9)28(37)40)15-13-33(7)26(21(34)19-29)23(38)18-25-31(5)20-22(35-8)27(39)30(3,4)24(31)10-11-32(25,33)6/h16-18,20-21,24,26H,10-15,19H2,1-7,9H3/t21-,24-,26-,31-,32+,33+,34-/m0/s1. The highest BCUT2D eigenvalue weighted by atomic mass is 16.2. The summed E-state index contributed by atoms with van der Waals surface area (Å²) in [5.41, 5.74) is -0.603. The monoisotopic (exact) mass is 543 g/mol. The molecular weight excluding hydrogens is 498 g/mol. The molecule has 7 atom stereocenters. The molecule has 3 saturated carbocycles. The third-order valence-electron chi connectivity index (χ3n) is 13.2. The Balaban J connectivity index is 1.55. The van der Waals surface area contributed by atoms with Gasteiger partial charge in [0.2, 0.25) is 5.70 Å². The number of aryl methyl sites for hydroxylation is 1. The molecule has 0 amide bonds. The summed E-state index contributed by atoms with van der Waals surface area (Å²) in [6, 6.07) is 0. The first-order valence-corrected chi connectivity index (χ1v) is 15.1. The van der Waals surface area contributed by atoms with Crippen LogP contribution in [-0.2, 0) is 22.2 Å². The Kier molecular flexibility index (Phi) is 5.49. The second-order valence-corrected chi connectivity index (χ2v) is 15.9. The topological polar surface area (TPSA) is 65.4 Å². The quantitative estimate of drug-likeness (QED) is 0.382. The minimum atomic E-state index is -0.657. The van der Waals surface area contributed by atoms with Gasteiger partial charge in [0.1, 0.15) is 0 Å². The van der Waals surface area contributed by atoms with Crippen LogP contribution in [0.15, 0.2) is 40.6 Å². The maximum absolute atomic E-state index is 14.6. The first kappa shape index (κ1) is 27.5. The summed E-state index contributed by atoms with van der Waals surface area (Å²) < 4.78 is 3.65. The molecule has 6 heteroatoms. The van der Waals surface area contributed by atoms with E-state index >= 15 is 0 Å². The van der Waals surface area contributed by atoms with E-state index in [0.717, 1.165) is 50.5 Å². The molecule has 0 aromatic carbocycles. The van der Waals surface area contributed by atoms with Gasteiger partial charge in [-0.15, -0.1) is 0 Å². The minimum Gasteiger partial charge on any atom is -0.307 e. The van der Waals surface area contributed by atoms with Crippen molar-refractivity contribution in [3.05, 3.63) is 57.7 Å². The van der Waals surface area contributed by atoms with Crippen molar-refractivity contribution in [2.24, 2.45) is 51.9 Å². The Bertz CT molecular complexity index is 1500. The third kappa shape index (κ3) is 3.13. The van der Waals surface area contributed by atoms with Crippen LogP contribution in [0.1, 0.15) is 93.4 Å². The van der Waals surface area contributed by atoms with Crippen LogP contribution in [0.5, 0.6) is 0 Å². The predicted octanol–water partition coefficient (Wildman–Crippen LogP) is 6.47. The Morgan fingerprint density at radius 2 is 1.60 bits per heavy atom. The van der Waals surface area contributed by atoms with Crippen molar-refractivity contribution in [2.75, 3.05) is 0 Å². The Morgan fingerprint density at radius 3 is 2.23 bits per heavy atom. The highest BCUT2D eigenvalue weighted by molar-refractivity contribution is 6.03. The molecule has 0 saturated heterocycles. The number of aromatic nitrogens is 2. The Labute approximate surface area is 238 Å². The molecule has 1 heterocycles. The van der Waals surface area contributed by atoms with Gasteiger partial charge in [0.25, 0.3) is 0 Å². The lowest BCUT2D eigenvalue weighted by Gasteiger charge is -2.69. The number of Topliss-reactive ketones (excluding diaryl/α,β-unsaturated/α-hetero) is 1. The zero-order chi connectivity index (χ0) is 29.3.